The summed E-state index contributed by atoms with van der Waals surface area (Å²) < 4.78 is 0.919. The molecule has 1 aliphatic rings. The van der Waals surface area contributed by atoms with E-state index in [-0.39, 0.29) is 6.04 Å². The Morgan fingerprint density at radius 1 is 1.47 bits per heavy atom. The zero-order chi connectivity index (χ0) is 12.3. The second-order valence-corrected chi connectivity index (χ2v) is 5.67. The summed E-state index contributed by atoms with van der Waals surface area (Å²) in [5.41, 5.74) is 5.91. The van der Waals surface area contributed by atoms with E-state index in [0.717, 1.165) is 23.4 Å². The molecule has 0 radical (unpaired) electrons. The maximum absolute atomic E-state index is 5.91. The smallest absolute Gasteiger partial charge is 0.225 e. The van der Waals surface area contributed by atoms with Crippen LogP contribution in [0.3, 0.4) is 0 Å². The highest BCUT2D eigenvalue weighted by Gasteiger charge is 2.25. The molecule has 0 saturated carbocycles. The molecule has 1 aromatic rings. The summed E-state index contributed by atoms with van der Waals surface area (Å²) >= 11 is 3.36. The summed E-state index contributed by atoms with van der Waals surface area (Å²) in [5, 5.41) is 0. The number of anilines is 1. The Kier molecular flexibility index (Phi) is 4.34. The van der Waals surface area contributed by atoms with Crippen LogP contribution in [0.2, 0.25) is 0 Å². The number of hydrogen-bond donors (Lipinski definition) is 1. The van der Waals surface area contributed by atoms with Gasteiger partial charge in [-0.15, -0.1) is 0 Å². The van der Waals surface area contributed by atoms with Gasteiger partial charge in [0.25, 0.3) is 0 Å². The van der Waals surface area contributed by atoms with E-state index in [0.29, 0.717) is 6.04 Å². The van der Waals surface area contributed by atoms with Crippen molar-refractivity contribution in [3.63, 3.8) is 0 Å². The van der Waals surface area contributed by atoms with Crippen molar-refractivity contribution in [1.29, 1.82) is 0 Å². The molecular weight excluding hydrogens is 280 g/mol. The van der Waals surface area contributed by atoms with E-state index in [4.69, 9.17) is 5.73 Å². The van der Waals surface area contributed by atoms with Gasteiger partial charge >= 0.3 is 0 Å². The number of nitrogens with zero attached hydrogens (tertiary/aromatic N) is 3. The van der Waals surface area contributed by atoms with Gasteiger partial charge in [0, 0.05) is 31.0 Å². The van der Waals surface area contributed by atoms with Crippen LogP contribution in [0.1, 0.15) is 32.6 Å². The normalized spacial score (nSPS) is 22.5. The van der Waals surface area contributed by atoms with E-state index in [1.54, 1.807) is 12.4 Å². The van der Waals surface area contributed by atoms with Gasteiger partial charge in [-0.25, -0.2) is 9.97 Å². The van der Waals surface area contributed by atoms with Gasteiger partial charge in [0.05, 0.1) is 4.47 Å². The quantitative estimate of drug-likeness (QED) is 0.930. The Balaban J connectivity index is 2.12. The number of rotatable bonds is 3. The highest BCUT2D eigenvalue weighted by Crippen LogP contribution is 2.24. The molecule has 0 amide bonds. The van der Waals surface area contributed by atoms with E-state index in [1.807, 2.05) is 0 Å². The summed E-state index contributed by atoms with van der Waals surface area (Å²) in [6.07, 6.45) is 8.32. The second-order valence-electron chi connectivity index (χ2n) is 4.76. The first-order chi connectivity index (χ1) is 8.16. The highest BCUT2D eigenvalue weighted by molar-refractivity contribution is 9.10. The van der Waals surface area contributed by atoms with E-state index < -0.39 is 0 Å². The first-order valence-corrected chi connectivity index (χ1v) is 6.96. The standard InChI is InChI=1S/C12H19BrN4/c1-9(14)6-11-4-2-3-5-17(11)12-15-7-10(13)8-16-12/h7-9,11H,2-6,14H2,1H3. The minimum atomic E-state index is 0.232. The average molecular weight is 299 g/mol. The van der Waals surface area contributed by atoms with Crippen LogP contribution in [0, 0.1) is 0 Å². The fourth-order valence-electron chi connectivity index (χ4n) is 2.39. The lowest BCUT2D eigenvalue weighted by Crippen LogP contribution is -2.43. The number of halogens is 1. The Hall–Kier alpha value is -0.680. The summed E-state index contributed by atoms with van der Waals surface area (Å²) in [7, 11) is 0. The first-order valence-electron chi connectivity index (χ1n) is 6.16. The van der Waals surface area contributed by atoms with Gasteiger partial charge in [0.15, 0.2) is 0 Å². The molecule has 0 bridgehead atoms. The molecule has 5 heteroatoms. The van der Waals surface area contributed by atoms with Crippen molar-refractivity contribution in [2.45, 2.75) is 44.7 Å². The average Bonchev–Trinajstić information content (AvgIpc) is 2.30. The third kappa shape index (κ3) is 3.39. The molecule has 17 heavy (non-hydrogen) atoms. The maximum atomic E-state index is 5.91. The molecule has 0 aromatic carbocycles. The monoisotopic (exact) mass is 298 g/mol. The third-order valence-electron chi connectivity index (χ3n) is 3.13. The van der Waals surface area contributed by atoms with Crippen molar-refractivity contribution >= 4 is 21.9 Å². The van der Waals surface area contributed by atoms with Crippen LogP contribution in [-0.4, -0.2) is 28.6 Å². The lowest BCUT2D eigenvalue weighted by Gasteiger charge is -2.36. The van der Waals surface area contributed by atoms with Gasteiger partial charge in [-0.05, 0) is 48.5 Å². The van der Waals surface area contributed by atoms with Gasteiger partial charge in [0.1, 0.15) is 0 Å². The summed E-state index contributed by atoms with van der Waals surface area (Å²) in [5.74, 6) is 0.832. The van der Waals surface area contributed by atoms with Gasteiger partial charge in [-0.3, -0.25) is 0 Å². The van der Waals surface area contributed by atoms with Crippen molar-refractivity contribution in [1.82, 2.24) is 9.97 Å². The molecule has 2 heterocycles. The van der Waals surface area contributed by atoms with Crippen LogP contribution in [0.4, 0.5) is 5.95 Å². The van der Waals surface area contributed by atoms with Crippen molar-refractivity contribution in [3.8, 4) is 0 Å². The van der Waals surface area contributed by atoms with Crippen LogP contribution >= 0.6 is 15.9 Å². The second kappa shape index (κ2) is 5.78. The van der Waals surface area contributed by atoms with Crippen LogP contribution in [0.25, 0.3) is 0 Å². The van der Waals surface area contributed by atoms with Crippen LogP contribution < -0.4 is 10.6 Å². The van der Waals surface area contributed by atoms with Crippen LogP contribution in [0.15, 0.2) is 16.9 Å². The van der Waals surface area contributed by atoms with E-state index in [2.05, 4.69) is 37.7 Å². The fourth-order valence-corrected chi connectivity index (χ4v) is 2.60. The Morgan fingerprint density at radius 2 is 2.18 bits per heavy atom. The highest BCUT2D eigenvalue weighted by atomic mass is 79.9. The molecule has 94 valence electrons. The largest absolute Gasteiger partial charge is 0.338 e. The van der Waals surface area contributed by atoms with Crippen LogP contribution in [0.5, 0.6) is 0 Å². The molecule has 1 fully saturated rings. The predicted octanol–water partition coefficient (Wildman–Crippen LogP) is 2.34. The molecule has 1 aliphatic heterocycles. The van der Waals surface area contributed by atoms with E-state index in [9.17, 15) is 0 Å². The zero-order valence-electron chi connectivity index (χ0n) is 10.1. The van der Waals surface area contributed by atoms with Crippen molar-refractivity contribution < 1.29 is 0 Å². The number of nitrogens with two attached hydrogens (primary N) is 1. The summed E-state index contributed by atoms with van der Waals surface area (Å²) in [6.45, 7) is 3.11. The van der Waals surface area contributed by atoms with Gasteiger partial charge in [-0.2, -0.15) is 0 Å². The minimum absolute atomic E-state index is 0.232. The lowest BCUT2D eigenvalue weighted by atomic mass is 9.97. The van der Waals surface area contributed by atoms with E-state index >= 15 is 0 Å². The Morgan fingerprint density at radius 3 is 2.82 bits per heavy atom. The number of hydrogen-bond acceptors (Lipinski definition) is 4. The molecular formula is C12H19BrN4. The zero-order valence-corrected chi connectivity index (χ0v) is 11.7. The molecule has 0 spiro atoms. The molecule has 2 N–H and O–H groups in total. The van der Waals surface area contributed by atoms with Crippen molar-refractivity contribution in [2.75, 3.05) is 11.4 Å². The van der Waals surface area contributed by atoms with Crippen molar-refractivity contribution in [2.24, 2.45) is 5.73 Å². The first kappa shape index (κ1) is 12.8. The minimum Gasteiger partial charge on any atom is -0.338 e. The van der Waals surface area contributed by atoms with Gasteiger partial charge in [-0.1, -0.05) is 0 Å². The molecule has 2 unspecified atom stereocenters. The molecule has 2 atom stereocenters. The molecule has 0 aliphatic carbocycles. The summed E-state index contributed by atoms with van der Waals surface area (Å²) in [4.78, 5) is 11.1. The molecule has 1 saturated heterocycles. The Bertz CT molecular complexity index is 352. The SMILES string of the molecule is CC(N)CC1CCCCN1c1ncc(Br)cn1. The summed E-state index contributed by atoms with van der Waals surface area (Å²) in [6, 6.07) is 0.723. The fraction of sp³-hybridized carbons (Fsp3) is 0.667. The molecule has 2 rings (SSSR count). The van der Waals surface area contributed by atoms with Crippen molar-refractivity contribution in [3.05, 3.63) is 16.9 Å². The van der Waals surface area contributed by atoms with E-state index in [1.165, 1.54) is 19.3 Å². The topological polar surface area (TPSA) is 55.0 Å². The predicted molar refractivity (Wildman–Crippen MR) is 73.0 cm³/mol. The van der Waals surface area contributed by atoms with Crippen LogP contribution in [-0.2, 0) is 0 Å². The lowest BCUT2D eigenvalue weighted by molar-refractivity contribution is 0.411. The molecule has 1 aromatic heterocycles. The maximum Gasteiger partial charge on any atom is 0.225 e. The molecule has 4 nitrogen and oxygen atoms in total. The van der Waals surface area contributed by atoms with Gasteiger partial charge in [0.2, 0.25) is 5.95 Å². The van der Waals surface area contributed by atoms with Gasteiger partial charge < -0.3 is 10.6 Å². The number of aromatic nitrogens is 2. The third-order valence-corrected chi connectivity index (χ3v) is 3.54. The number of piperidine rings is 1. The Labute approximate surface area is 111 Å².